The summed E-state index contributed by atoms with van der Waals surface area (Å²) in [7, 11) is 1.59. The Morgan fingerprint density at radius 1 is 1.28 bits per heavy atom. The molecule has 0 radical (unpaired) electrons. The molecule has 0 atom stereocenters. The van der Waals surface area contributed by atoms with Crippen LogP contribution in [0.5, 0.6) is 5.75 Å². The first-order valence-electron chi connectivity index (χ1n) is 9.11. The van der Waals surface area contributed by atoms with Crippen LogP contribution in [0.15, 0.2) is 47.3 Å². The second-order valence-corrected chi connectivity index (χ2v) is 6.73. The molecule has 7 nitrogen and oxygen atoms in total. The monoisotopic (exact) mass is 408 g/mol. The van der Waals surface area contributed by atoms with E-state index in [1.807, 2.05) is 6.92 Å². The van der Waals surface area contributed by atoms with Crippen LogP contribution in [0.25, 0.3) is 10.9 Å². The lowest BCUT2D eigenvalue weighted by Crippen LogP contribution is -2.32. The Hall–Kier alpha value is -3.44. The van der Waals surface area contributed by atoms with Gasteiger partial charge in [0.1, 0.15) is 5.75 Å². The van der Waals surface area contributed by atoms with Crippen LogP contribution in [0.2, 0.25) is 0 Å². The van der Waals surface area contributed by atoms with Gasteiger partial charge < -0.3 is 14.6 Å². The van der Waals surface area contributed by atoms with Gasteiger partial charge in [0.05, 0.1) is 30.0 Å². The summed E-state index contributed by atoms with van der Waals surface area (Å²) in [5, 5.41) is 9.44. The number of H-pyrrole nitrogens is 1. The van der Waals surface area contributed by atoms with Gasteiger partial charge in [-0.3, -0.25) is 14.2 Å². The molecule has 1 aromatic heterocycles. The lowest BCUT2D eigenvalue weighted by atomic mass is 10.1. The highest BCUT2D eigenvalue weighted by Crippen LogP contribution is 2.22. The number of amides is 1. The number of nitrogens with zero attached hydrogens (tertiary/aromatic N) is 3. The second kappa shape index (κ2) is 8.71. The highest BCUT2D eigenvalue weighted by Gasteiger charge is 2.19. The third-order valence-electron chi connectivity index (χ3n) is 4.50. The van der Waals surface area contributed by atoms with Crippen molar-refractivity contribution in [3.63, 3.8) is 0 Å². The predicted molar refractivity (Wildman–Crippen MR) is 114 cm³/mol. The average Bonchev–Trinajstić information content (AvgIpc) is 2.73. The van der Waals surface area contributed by atoms with E-state index in [1.165, 1.54) is 9.47 Å². The van der Waals surface area contributed by atoms with E-state index in [0.717, 1.165) is 0 Å². The summed E-state index contributed by atoms with van der Waals surface area (Å²) in [4.78, 5) is 30.1. The number of carbonyl (C=O) groups excluding carboxylic acids is 1. The highest BCUT2D eigenvalue weighted by atomic mass is 32.1. The standard InChI is InChI=1S/C21H20N4O3S/c1-3-28-16-8-6-15(7-9-16)25(12-4-11-22)19(26)14-5-10-17-18(13-14)23-21(29)24(2)20(17)27/h5-10,13H,3-4,12H2,1-2H3,(H,23,29). The van der Waals surface area contributed by atoms with Crippen molar-refractivity contribution in [1.82, 2.24) is 9.55 Å². The maximum Gasteiger partial charge on any atom is 0.261 e. The van der Waals surface area contributed by atoms with Gasteiger partial charge in [0, 0.05) is 24.8 Å². The molecule has 0 aliphatic rings. The molecule has 0 aliphatic heterocycles. The van der Waals surface area contributed by atoms with E-state index in [9.17, 15) is 9.59 Å². The molecular formula is C21H20N4O3S. The lowest BCUT2D eigenvalue weighted by Gasteiger charge is -2.22. The Morgan fingerprint density at radius 3 is 2.66 bits per heavy atom. The van der Waals surface area contributed by atoms with E-state index in [4.69, 9.17) is 22.2 Å². The number of hydrogen-bond donors (Lipinski definition) is 1. The topological polar surface area (TPSA) is 91.1 Å². The number of hydrogen-bond acceptors (Lipinski definition) is 5. The van der Waals surface area contributed by atoms with Crippen LogP contribution in [0.4, 0.5) is 5.69 Å². The van der Waals surface area contributed by atoms with E-state index in [1.54, 1.807) is 49.5 Å². The van der Waals surface area contributed by atoms with Crippen molar-refractivity contribution in [3.8, 4) is 11.8 Å². The molecule has 0 bridgehead atoms. The Labute approximate surface area is 172 Å². The molecule has 3 rings (SSSR count). The van der Waals surface area contributed by atoms with Crippen molar-refractivity contribution in [3.05, 3.63) is 63.2 Å². The molecule has 3 aromatic rings. The summed E-state index contributed by atoms with van der Waals surface area (Å²) < 4.78 is 7.07. The first kappa shape index (κ1) is 20.3. The first-order valence-corrected chi connectivity index (χ1v) is 9.51. The number of rotatable bonds is 6. The highest BCUT2D eigenvalue weighted by molar-refractivity contribution is 7.71. The number of nitriles is 1. The Balaban J connectivity index is 2.01. The average molecular weight is 408 g/mol. The molecule has 1 heterocycles. The zero-order chi connectivity index (χ0) is 21.0. The Morgan fingerprint density at radius 2 is 2.00 bits per heavy atom. The van der Waals surface area contributed by atoms with Crippen molar-refractivity contribution in [2.45, 2.75) is 13.3 Å². The van der Waals surface area contributed by atoms with E-state index in [2.05, 4.69) is 11.1 Å². The van der Waals surface area contributed by atoms with Crippen molar-refractivity contribution in [2.75, 3.05) is 18.1 Å². The van der Waals surface area contributed by atoms with Gasteiger partial charge in [-0.1, -0.05) is 0 Å². The largest absolute Gasteiger partial charge is 0.494 e. The molecule has 1 amide bonds. The van der Waals surface area contributed by atoms with E-state index in [-0.39, 0.29) is 29.2 Å². The van der Waals surface area contributed by atoms with Gasteiger partial charge in [-0.25, -0.2) is 0 Å². The molecule has 0 aliphatic carbocycles. The Bertz CT molecular complexity index is 1210. The molecule has 1 N–H and O–H groups in total. The second-order valence-electron chi connectivity index (χ2n) is 6.35. The number of aromatic nitrogens is 2. The number of aromatic amines is 1. The summed E-state index contributed by atoms with van der Waals surface area (Å²) in [6.07, 6.45) is 0.190. The zero-order valence-corrected chi connectivity index (χ0v) is 17.0. The van der Waals surface area contributed by atoms with Gasteiger partial charge in [0.15, 0.2) is 4.77 Å². The SMILES string of the molecule is CCOc1ccc(N(CCC#N)C(=O)c2ccc3c(=O)n(C)c(=S)[nH]c3c2)cc1. The first-order chi connectivity index (χ1) is 14.0. The number of ether oxygens (including phenoxy) is 1. The quantitative estimate of drug-likeness (QED) is 0.630. The van der Waals surface area contributed by atoms with Crippen molar-refractivity contribution in [2.24, 2.45) is 7.05 Å². The van der Waals surface area contributed by atoms with Crippen molar-refractivity contribution < 1.29 is 9.53 Å². The van der Waals surface area contributed by atoms with Gasteiger partial charge in [0.2, 0.25) is 0 Å². The van der Waals surface area contributed by atoms with Crippen LogP contribution >= 0.6 is 12.2 Å². The van der Waals surface area contributed by atoms with Crippen molar-refractivity contribution in [1.29, 1.82) is 5.26 Å². The molecule has 0 fully saturated rings. The molecule has 0 spiro atoms. The van der Waals surface area contributed by atoms with E-state index in [0.29, 0.717) is 34.5 Å². The van der Waals surface area contributed by atoms with Gasteiger partial charge in [0.25, 0.3) is 11.5 Å². The van der Waals surface area contributed by atoms with Crippen LogP contribution in [-0.4, -0.2) is 28.6 Å². The van der Waals surface area contributed by atoms with Crippen LogP contribution < -0.4 is 15.2 Å². The van der Waals surface area contributed by atoms with Gasteiger partial charge in [-0.05, 0) is 61.6 Å². The van der Waals surface area contributed by atoms with Gasteiger partial charge >= 0.3 is 0 Å². The van der Waals surface area contributed by atoms with E-state index < -0.39 is 0 Å². The van der Waals surface area contributed by atoms with Crippen LogP contribution in [0, 0.1) is 16.1 Å². The van der Waals surface area contributed by atoms with E-state index >= 15 is 0 Å². The minimum absolute atomic E-state index is 0.190. The predicted octanol–water partition coefficient (Wildman–Crippen LogP) is 3.56. The molecule has 29 heavy (non-hydrogen) atoms. The molecular weight excluding hydrogens is 388 g/mol. The minimum atomic E-state index is -0.272. The molecule has 148 valence electrons. The van der Waals surface area contributed by atoms with Crippen LogP contribution in [0.3, 0.4) is 0 Å². The summed E-state index contributed by atoms with van der Waals surface area (Å²) in [6.45, 7) is 2.69. The third kappa shape index (κ3) is 4.20. The fraction of sp³-hybridized carbons (Fsp3) is 0.238. The summed E-state index contributed by atoms with van der Waals surface area (Å²) in [5.41, 5.74) is 1.32. The Kier molecular flexibility index (Phi) is 6.10. The fourth-order valence-corrected chi connectivity index (χ4v) is 3.19. The number of anilines is 1. The maximum absolute atomic E-state index is 13.2. The summed E-state index contributed by atoms with van der Waals surface area (Å²) in [6, 6.07) is 14.0. The van der Waals surface area contributed by atoms with Crippen molar-refractivity contribution >= 4 is 34.7 Å². The summed E-state index contributed by atoms with van der Waals surface area (Å²) in [5.74, 6) is 0.435. The zero-order valence-electron chi connectivity index (χ0n) is 16.1. The third-order valence-corrected chi connectivity index (χ3v) is 4.88. The molecule has 8 heteroatoms. The number of benzene rings is 2. The van der Waals surface area contributed by atoms with Crippen LogP contribution in [-0.2, 0) is 7.05 Å². The normalized spacial score (nSPS) is 10.5. The number of carbonyl (C=O) groups is 1. The van der Waals surface area contributed by atoms with Gasteiger partial charge in [-0.2, -0.15) is 5.26 Å². The number of fused-ring (bicyclic) bond motifs is 1. The lowest BCUT2D eigenvalue weighted by molar-refractivity contribution is 0.0987. The maximum atomic E-state index is 13.2. The van der Waals surface area contributed by atoms with Gasteiger partial charge in [-0.15, -0.1) is 0 Å². The molecule has 2 aromatic carbocycles. The molecule has 0 unspecified atom stereocenters. The summed E-state index contributed by atoms with van der Waals surface area (Å²) >= 11 is 5.16. The molecule has 0 saturated carbocycles. The molecule has 0 saturated heterocycles. The smallest absolute Gasteiger partial charge is 0.261 e. The number of nitrogens with one attached hydrogen (secondary N) is 1. The minimum Gasteiger partial charge on any atom is -0.494 e. The van der Waals surface area contributed by atoms with Crippen LogP contribution in [0.1, 0.15) is 23.7 Å². The fourth-order valence-electron chi connectivity index (χ4n) is 2.99.